The molecule has 1 saturated heterocycles. The minimum absolute atomic E-state index is 0.0320. The molecule has 1 fully saturated rings. The van der Waals surface area contributed by atoms with E-state index in [9.17, 15) is 0 Å². The average Bonchev–Trinajstić information content (AvgIpc) is 2.48. The van der Waals surface area contributed by atoms with Crippen molar-refractivity contribution >= 4 is 5.57 Å². The summed E-state index contributed by atoms with van der Waals surface area (Å²) in [4.78, 5) is 0. The van der Waals surface area contributed by atoms with E-state index in [1.165, 1.54) is 6.42 Å². The molecule has 0 radical (unpaired) electrons. The van der Waals surface area contributed by atoms with Crippen molar-refractivity contribution in [2.45, 2.75) is 32.5 Å². The molecule has 1 aromatic carbocycles. The molecule has 1 aliphatic rings. The summed E-state index contributed by atoms with van der Waals surface area (Å²) in [5.41, 5.74) is 2.27. The smallest absolute Gasteiger partial charge is 0.157 e. The number of hydrogen-bond acceptors (Lipinski definition) is 3. The second-order valence-electron chi connectivity index (χ2n) is 4.72. The van der Waals surface area contributed by atoms with Crippen molar-refractivity contribution in [1.29, 1.82) is 0 Å². The van der Waals surface area contributed by atoms with Gasteiger partial charge in [0.05, 0.1) is 13.7 Å². The Morgan fingerprint density at radius 2 is 2.21 bits per heavy atom. The van der Waals surface area contributed by atoms with E-state index in [0.717, 1.165) is 36.3 Å². The van der Waals surface area contributed by atoms with Gasteiger partial charge in [-0.05, 0) is 37.8 Å². The van der Waals surface area contributed by atoms with Crippen LogP contribution in [0.3, 0.4) is 0 Å². The van der Waals surface area contributed by atoms with E-state index in [0.29, 0.717) is 6.61 Å². The summed E-state index contributed by atoms with van der Waals surface area (Å²) in [6.45, 7) is 3.47. The Hall–Kier alpha value is -1.32. The molecule has 1 atom stereocenters. The van der Waals surface area contributed by atoms with E-state index in [-0.39, 0.29) is 6.29 Å². The Balaban J connectivity index is 1.91. The third-order valence-electron chi connectivity index (χ3n) is 3.34. The van der Waals surface area contributed by atoms with Gasteiger partial charge in [-0.2, -0.15) is 0 Å². The highest BCUT2D eigenvalue weighted by Gasteiger charge is 2.13. The van der Waals surface area contributed by atoms with Gasteiger partial charge in [-0.25, -0.2) is 0 Å². The molecule has 3 nitrogen and oxygen atoms in total. The standard InChI is InChI=1S/C16H22O3/c1-13(14-7-3-4-8-15(14)17-2)10-12-19-16-9-5-6-11-18-16/h3-4,7-8,10,16H,5-6,9,11-12H2,1-2H3/b13-10-. The zero-order chi connectivity index (χ0) is 13.5. The Bertz CT molecular complexity index is 420. The number of rotatable bonds is 5. The van der Waals surface area contributed by atoms with Gasteiger partial charge in [-0.15, -0.1) is 0 Å². The average molecular weight is 262 g/mol. The largest absolute Gasteiger partial charge is 0.496 e. The van der Waals surface area contributed by atoms with Crippen LogP contribution in [0.15, 0.2) is 30.3 Å². The zero-order valence-corrected chi connectivity index (χ0v) is 11.7. The van der Waals surface area contributed by atoms with Crippen LogP contribution in [-0.2, 0) is 9.47 Å². The van der Waals surface area contributed by atoms with Gasteiger partial charge in [0.25, 0.3) is 0 Å². The topological polar surface area (TPSA) is 27.7 Å². The summed E-state index contributed by atoms with van der Waals surface area (Å²) in [7, 11) is 1.69. The lowest BCUT2D eigenvalue weighted by Gasteiger charge is -2.22. The fourth-order valence-electron chi connectivity index (χ4n) is 2.20. The molecule has 3 heteroatoms. The molecule has 19 heavy (non-hydrogen) atoms. The van der Waals surface area contributed by atoms with Crippen LogP contribution in [0.2, 0.25) is 0 Å². The zero-order valence-electron chi connectivity index (χ0n) is 11.7. The van der Waals surface area contributed by atoms with Gasteiger partial charge in [-0.1, -0.05) is 24.3 Å². The predicted octanol–water partition coefficient (Wildman–Crippen LogP) is 3.64. The van der Waals surface area contributed by atoms with E-state index in [4.69, 9.17) is 14.2 Å². The highest BCUT2D eigenvalue weighted by molar-refractivity contribution is 5.68. The van der Waals surface area contributed by atoms with Crippen molar-refractivity contribution in [3.05, 3.63) is 35.9 Å². The molecule has 1 aromatic rings. The molecule has 1 heterocycles. The van der Waals surface area contributed by atoms with E-state index in [1.54, 1.807) is 7.11 Å². The molecule has 2 rings (SSSR count). The molecule has 0 saturated carbocycles. The third-order valence-corrected chi connectivity index (χ3v) is 3.34. The van der Waals surface area contributed by atoms with Crippen molar-refractivity contribution in [3.8, 4) is 5.75 Å². The SMILES string of the molecule is COc1ccccc1/C(C)=C\COC1CCCCO1. The number of hydrogen-bond donors (Lipinski definition) is 0. The number of benzene rings is 1. The molecule has 104 valence electrons. The second kappa shape index (κ2) is 7.31. The van der Waals surface area contributed by atoms with Gasteiger partial charge >= 0.3 is 0 Å². The van der Waals surface area contributed by atoms with Crippen molar-refractivity contribution in [1.82, 2.24) is 0 Å². The molecule has 1 aliphatic heterocycles. The lowest BCUT2D eigenvalue weighted by Crippen LogP contribution is -2.22. The van der Waals surface area contributed by atoms with Crippen LogP contribution < -0.4 is 4.74 Å². The quantitative estimate of drug-likeness (QED) is 0.810. The highest BCUT2D eigenvalue weighted by atomic mass is 16.7. The molecule has 0 N–H and O–H groups in total. The third kappa shape index (κ3) is 4.08. The first kappa shape index (κ1) is 14.1. The summed E-state index contributed by atoms with van der Waals surface area (Å²) in [5.74, 6) is 0.894. The Morgan fingerprint density at radius 1 is 1.37 bits per heavy atom. The van der Waals surface area contributed by atoms with E-state index >= 15 is 0 Å². The summed E-state index contributed by atoms with van der Waals surface area (Å²) in [6.07, 6.45) is 5.39. The normalized spacial score (nSPS) is 20.3. The molecular formula is C16H22O3. The lowest BCUT2D eigenvalue weighted by molar-refractivity contribution is -0.155. The molecule has 0 aliphatic carbocycles. The molecular weight excluding hydrogens is 240 g/mol. The summed E-state index contributed by atoms with van der Waals surface area (Å²) < 4.78 is 16.6. The monoisotopic (exact) mass is 262 g/mol. The first-order valence-corrected chi connectivity index (χ1v) is 6.84. The van der Waals surface area contributed by atoms with Crippen LogP contribution in [0, 0.1) is 0 Å². The predicted molar refractivity (Wildman–Crippen MR) is 76.2 cm³/mol. The van der Waals surface area contributed by atoms with Gasteiger partial charge in [0.1, 0.15) is 5.75 Å². The Labute approximate surface area is 115 Å². The maximum absolute atomic E-state index is 5.71. The summed E-state index contributed by atoms with van der Waals surface area (Å²) >= 11 is 0. The van der Waals surface area contributed by atoms with Gasteiger partial charge in [0.15, 0.2) is 6.29 Å². The van der Waals surface area contributed by atoms with E-state index < -0.39 is 0 Å². The highest BCUT2D eigenvalue weighted by Crippen LogP contribution is 2.25. The lowest BCUT2D eigenvalue weighted by atomic mass is 10.1. The number of para-hydroxylation sites is 1. The van der Waals surface area contributed by atoms with Crippen LogP contribution in [0.4, 0.5) is 0 Å². The van der Waals surface area contributed by atoms with Crippen LogP contribution in [0.1, 0.15) is 31.7 Å². The van der Waals surface area contributed by atoms with Crippen LogP contribution in [0.5, 0.6) is 5.75 Å². The summed E-state index contributed by atoms with van der Waals surface area (Å²) in [6, 6.07) is 8.02. The fraction of sp³-hybridized carbons (Fsp3) is 0.500. The molecule has 1 unspecified atom stereocenters. The van der Waals surface area contributed by atoms with Crippen LogP contribution >= 0.6 is 0 Å². The minimum atomic E-state index is -0.0320. The fourth-order valence-corrected chi connectivity index (χ4v) is 2.20. The first-order chi connectivity index (χ1) is 9.31. The Morgan fingerprint density at radius 3 is 2.95 bits per heavy atom. The number of allylic oxidation sites excluding steroid dienone is 1. The molecule has 0 bridgehead atoms. The molecule has 0 amide bonds. The van der Waals surface area contributed by atoms with Crippen LogP contribution in [-0.4, -0.2) is 26.6 Å². The minimum Gasteiger partial charge on any atom is -0.496 e. The van der Waals surface area contributed by atoms with Crippen molar-refractivity contribution < 1.29 is 14.2 Å². The number of methoxy groups -OCH3 is 1. The summed E-state index contributed by atoms with van der Waals surface area (Å²) in [5, 5.41) is 0. The van der Waals surface area contributed by atoms with Gasteiger partial charge in [0, 0.05) is 12.2 Å². The van der Waals surface area contributed by atoms with Gasteiger partial charge < -0.3 is 14.2 Å². The van der Waals surface area contributed by atoms with Gasteiger partial charge in [0.2, 0.25) is 0 Å². The van der Waals surface area contributed by atoms with Crippen molar-refractivity contribution in [2.24, 2.45) is 0 Å². The molecule has 0 spiro atoms. The van der Waals surface area contributed by atoms with Crippen molar-refractivity contribution in [3.63, 3.8) is 0 Å². The maximum Gasteiger partial charge on any atom is 0.157 e. The molecule has 0 aromatic heterocycles. The van der Waals surface area contributed by atoms with Crippen molar-refractivity contribution in [2.75, 3.05) is 20.3 Å². The van der Waals surface area contributed by atoms with E-state index in [1.807, 2.05) is 18.2 Å². The Kier molecular flexibility index (Phi) is 5.43. The second-order valence-corrected chi connectivity index (χ2v) is 4.72. The van der Waals surface area contributed by atoms with Crippen LogP contribution in [0.25, 0.3) is 5.57 Å². The van der Waals surface area contributed by atoms with Gasteiger partial charge in [-0.3, -0.25) is 0 Å². The van der Waals surface area contributed by atoms with E-state index in [2.05, 4.69) is 19.1 Å². The first-order valence-electron chi connectivity index (χ1n) is 6.84. The maximum atomic E-state index is 5.71. The number of ether oxygens (including phenoxy) is 3.